The molecule has 1 aliphatic carbocycles. The molecule has 3 N–H and O–H groups in total. The van der Waals surface area contributed by atoms with Crippen molar-refractivity contribution in [2.45, 2.75) is 45.2 Å². The quantitative estimate of drug-likeness (QED) is 0.733. The number of hydrogen-bond donors (Lipinski definition) is 3. The van der Waals surface area contributed by atoms with Gasteiger partial charge in [0.1, 0.15) is 18.0 Å². The fraction of sp³-hybridized carbons (Fsp3) is 0.526. The van der Waals surface area contributed by atoms with Gasteiger partial charge in [0.2, 0.25) is 11.2 Å². The van der Waals surface area contributed by atoms with E-state index in [0.717, 1.165) is 29.1 Å². The van der Waals surface area contributed by atoms with Crippen LogP contribution in [0.25, 0.3) is 5.57 Å². The van der Waals surface area contributed by atoms with E-state index in [1.165, 1.54) is 6.07 Å². The van der Waals surface area contributed by atoms with E-state index in [1.54, 1.807) is 6.07 Å². The van der Waals surface area contributed by atoms with Crippen LogP contribution in [-0.4, -0.2) is 33.9 Å². The van der Waals surface area contributed by atoms with Gasteiger partial charge in [0.05, 0.1) is 0 Å². The summed E-state index contributed by atoms with van der Waals surface area (Å²) in [7, 11) is 0. The van der Waals surface area contributed by atoms with Gasteiger partial charge in [0, 0.05) is 17.6 Å². The Hall–Kier alpha value is -1.93. The molecule has 0 radical (unpaired) electrons. The average molecular weight is 393 g/mol. The van der Waals surface area contributed by atoms with E-state index < -0.39 is 22.9 Å². The van der Waals surface area contributed by atoms with E-state index in [2.05, 4.69) is 30.0 Å². The molecule has 3 aliphatic heterocycles. The molecule has 6 nitrogen and oxygen atoms in total. The fourth-order valence-corrected chi connectivity index (χ4v) is 5.34. The average Bonchev–Trinajstić information content (AvgIpc) is 2.93. The summed E-state index contributed by atoms with van der Waals surface area (Å²) in [6.45, 7) is 4.15. The Bertz CT molecular complexity index is 842. The lowest BCUT2D eigenvalue weighted by atomic mass is 9.73. The van der Waals surface area contributed by atoms with Crippen LogP contribution in [0.3, 0.4) is 0 Å². The molecule has 27 heavy (non-hydrogen) atoms. The predicted octanol–water partition coefficient (Wildman–Crippen LogP) is 2.23. The molecule has 4 unspecified atom stereocenters. The van der Waals surface area contributed by atoms with Gasteiger partial charge in [-0.15, -0.1) is 0 Å². The molecule has 0 saturated carbocycles. The second kappa shape index (κ2) is 6.91. The molecule has 1 aromatic carbocycles. The van der Waals surface area contributed by atoms with E-state index in [9.17, 15) is 14.1 Å². The molecule has 4 atom stereocenters. The Kier molecular flexibility index (Phi) is 4.71. The summed E-state index contributed by atoms with van der Waals surface area (Å²) in [5, 5.41) is 13.8. The number of phenols is 1. The number of benzene rings is 1. The highest BCUT2D eigenvalue weighted by Gasteiger charge is 2.38. The molecule has 3 heterocycles. The van der Waals surface area contributed by atoms with Crippen LogP contribution in [0, 0.1) is 17.7 Å². The predicted molar refractivity (Wildman–Crippen MR) is 103 cm³/mol. The number of halogens is 1. The molecule has 146 valence electrons. The standard InChI is InChI=1S/C19H24FN3O3S/c1-10(2)7-15-11-3-5-14(21-15)13(8-11)12-4-6-16(24)19(18(12)20)23-9-17(25)22-27(23)26/h4,6,8,10-11,14-15,21,24H,3,5,7,9H2,1-2H3,(H,22,25). The molecule has 8 heteroatoms. The van der Waals surface area contributed by atoms with E-state index in [1.807, 2.05) is 0 Å². The lowest BCUT2D eigenvalue weighted by molar-refractivity contribution is -0.117. The van der Waals surface area contributed by atoms with Crippen molar-refractivity contribution in [3.05, 3.63) is 29.6 Å². The third-order valence-corrected chi connectivity index (χ3v) is 6.67. The number of fused-ring (bicyclic) bond motifs is 2. The van der Waals surface area contributed by atoms with Gasteiger partial charge >= 0.3 is 0 Å². The topological polar surface area (TPSA) is 81.7 Å². The molecular formula is C19H24FN3O3S. The van der Waals surface area contributed by atoms with E-state index in [0.29, 0.717) is 23.4 Å². The van der Waals surface area contributed by atoms with Gasteiger partial charge in [0.15, 0.2) is 5.82 Å². The van der Waals surface area contributed by atoms with Crippen LogP contribution < -0.4 is 14.3 Å². The Morgan fingerprint density at radius 1 is 1.37 bits per heavy atom. The second-order valence-electron chi connectivity index (χ2n) is 7.92. The second-order valence-corrected chi connectivity index (χ2v) is 9.07. The largest absolute Gasteiger partial charge is 0.506 e. The molecule has 4 aliphatic rings. The minimum Gasteiger partial charge on any atom is -0.506 e. The SMILES string of the molecule is CC(C)CC1NC2CCC1C=C2c1ccc(O)c(N2CC(=O)NS2=O)c1F. The number of carbonyl (C=O) groups is 1. The Morgan fingerprint density at radius 2 is 2.15 bits per heavy atom. The summed E-state index contributed by atoms with van der Waals surface area (Å²) in [5.41, 5.74) is 1.09. The number of rotatable bonds is 4. The van der Waals surface area contributed by atoms with Crippen LogP contribution in [0.15, 0.2) is 18.2 Å². The minimum atomic E-state index is -1.89. The van der Waals surface area contributed by atoms with Crippen LogP contribution in [0.5, 0.6) is 5.75 Å². The number of amides is 1. The lowest BCUT2D eigenvalue weighted by Gasteiger charge is -2.44. The summed E-state index contributed by atoms with van der Waals surface area (Å²) in [4.78, 5) is 11.5. The smallest absolute Gasteiger partial charge is 0.253 e. The Morgan fingerprint density at radius 3 is 2.74 bits per heavy atom. The van der Waals surface area contributed by atoms with Crippen LogP contribution in [0.1, 0.15) is 38.7 Å². The molecule has 2 fully saturated rings. The Labute approximate surface area is 160 Å². The number of anilines is 1. The number of piperidine rings is 1. The van der Waals surface area contributed by atoms with Crippen LogP contribution in [0.4, 0.5) is 10.1 Å². The molecule has 0 spiro atoms. The summed E-state index contributed by atoms with van der Waals surface area (Å²) in [6, 6.07) is 3.44. The van der Waals surface area contributed by atoms with Crippen LogP contribution >= 0.6 is 0 Å². The number of nitrogens with one attached hydrogen (secondary N) is 2. The summed E-state index contributed by atoms with van der Waals surface area (Å²) in [6.07, 6.45) is 5.26. The zero-order chi connectivity index (χ0) is 19.3. The minimum absolute atomic E-state index is 0.0643. The third kappa shape index (κ3) is 3.25. The number of nitrogens with zero attached hydrogens (tertiary/aromatic N) is 1. The number of aromatic hydroxyl groups is 1. The van der Waals surface area contributed by atoms with Crippen molar-refractivity contribution >= 4 is 28.3 Å². The maximum absolute atomic E-state index is 15.4. The monoisotopic (exact) mass is 393 g/mol. The summed E-state index contributed by atoms with van der Waals surface area (Å²) < 4.78 is 30.7. The van der Waals surface area contributed by atoms with Gasteiger partial charge in [-0.2, -0.15) is 0 Å². The van der Waals surface area contributed by atoms with Gasteiger partial charge in [-0.1, -0.05) is 19.9 Å². The van der Waals surface area contributed by atoms with Crippen LogP contribution in [0.2, 0.25) is 0 Å². The first kappa shape index (κ1) is 18.4. The first-order valence-electron chi connectivity index (χ1n) is 9.33. The fourth-order valence-electron chi connectivity index (χ4n) is 4.40. The van der Waals surface area contributed by atoms with Crippen molar-refractivity contribution in [3.8, 4) is 5.75 Å². The van der Waals surface area contributed by atoms with Crippen molar-refractivity contribution in [2.24, 2.45) is 11.8 Å². The highest BCUT2D eigenvalue weighted by atomic mass is 32.2. The zero-order valence-electron chi connectivity index (χ0n) is 15.4. The normalized spacial score (nSPS) is 30.0. The zero-order valence-corrected chi connectivity index (χ0v) is 16.2. The molecule has 1 aromatic rings. The molecule has 2 saturated heterocycles. The third-order valence-electron chi connectivity index (χ3n) is 5.56. The van der Waals surface area contributed by atoms with Crippen LogP contribution in [-0.2, 0) is 16.0 Å². The molecular weight excluding hydrogens is 369 g/mol. The van der Waals surface area contributed by atoms with Crippen molar-refractivity contribution < 1.29 is 18.5 Å². The highest BCUT2D eigenvalue weighted by Crippen LogP contribution is 2.43. The molecule has 0 aromatic heterocycles. The maximum Gasteiger partial charge on any atom is 0.253 e. The first-order valence-corrected chi connectivity index (χ1v) is 10.4. The van der Waals surface area contributed by atoms with Gasteiger partial charge in [-0.05, 0) is 48.8 Å². The lowest BCUT2D eigenvalue weighted by Crippen LogP contribution is -2.51. The molecule has 5 rings (SSSR count). The number of hydrogen-bond acceptors (Lipinski definition) is 4. The van der Waals surface area contributed by atoms with Gasteiger partial charge < -0.3 is 10.4 Å². The highest BCUT2D eigenvalue weighted by molar-refractivity contribution is 7.85. The van der Waals surface area contributed by atoms with Crippen molar-refractivity contribution in [1.29, 1.82) is 0 Å². The van der Waals surface area contributed by atoms with Crippen molar-refractivity contribution in [2.75, 3.05) is 10.8 Å². The summed E-state index contributed by atoms with van der Waals surface area (Å²) >= 11 is -1.89. The molecule has 2 bridgehead atoms. The van der Waals surface area contributed by atoms with Crippen molar-refractivity contribution in [3.63, 3.8) is 0 Å². The van der Waals surface area contributed by atoms with E-state index in [-0.39, 0.29) is 24.0 Å². The van der Waals surface area contributed by atoms with Gasteiger partial charge in [-0.25, -0.2) is 8.60 Å². The number of phenolic OH excluding ortho intramolecular Hbond substituents is 1. The van der Waals surface area contributed by atoms with E-state index in [4.69, 9.17) is 0 Å². The Balaban J connectivity index is 1.71. The summed E-state index contributed by atoms with van der Waals surface area (Å²) in [5.74, 6) is -0.486. The van der Waals surface area contributed by atoms with Gasteiger partial charge in [0.25, 0.3) is 5.91 Å². The first-order chi connectivity index (χ1) is 12.8. The van der Waals surface area contributed by atoms with E-state index >= 15 is 4.39 Å². The number of carbonyl (C=O) groups excluding carboxylic acids is 1. The van der Waals surface area contributed by atoms with Gasteiger partial charge in [-0.3, -0.25) is 13.8 Å². The van der Waals surface area contributed by atoms with Crippen molar-refractivity contribution in [1.82, 2.24) is 10.0 Å². The maximum atomic E-state index is 15.4. The molecule has 1 amide bonds.